The molecule has 0 saturated heterocycles. The van der Waals surface area contributed by atoms with E-state index in [0.29, 0.717) is 21.6 Å². The van der Waals surface area contributed by atoms with Crippen molar-refractivity contribution in [2.24, 2.45) is 5.41 Å². The maximum Gasteiger partial charge on any atom is 0.251 e. The van der Waals surface area contributed by atoms with Crippen LogP contribution in [0.25, 0.3) is 0 Å². The number of hydrogen-bond acceptors (Lipinski definition) is 2. The number of aliphatic hydroxyl groups excluding tert-OH is 1. The van der Waals surface area contributed by atoms with Crippen LogP contribution in [0.2, 0.25) is 5.02 Å². The second-order valence-electron chi connectivity index (χ2n) is 5.30. The van der Waals surface area contributed by atoms with Crippen LogP contribution in [0.15, 0.2) is 22.7 Å². The average Bonchev–Trinajstić information content (AvgIpc) is 2.37. The van der Waals surface area contributed by atoms with Crippen LogP contribution >= 0.6 is 27.5 Å². The van der Waals surface area contributed by atoms with Crippen molar-refractivity contribution in [1.29, 1.82) is 0 Å². The molecule has 0 spiro atoms. The Morgan fingerprint density at radius 2 is 2.16 bits per heavy atom. The third-order valence-corrected chi connectivity index (χ3v) is 4.13. The van der Waals surface area contributed by atoms with E-state index in [2.05, 4.69) is 35.1 Å². The van der Waals surface area contributed by atoms with Gasteiger partial charge in [0.05, 0.1) is 5.02 Å². The maximum atomic E-state index is 12.0. The number of carbonyl (C=O) groups is 1. The summed E-state index contributed by atoms with van der Waals surface area (Å²) in [7, 11) is 0. The highest BCUT2D eigenvalue weighted by Gasteiger charge is 2.18. The van der Waals surface area contributed by atoms with E-state index < -0.39 is 0 Å². The first kappa shape index (κ1) is 16.5. The van der Waals surface area contributed by atoms with Crippen molar-refractivity contribution in [2.75, 3.05) is 13.2 Å². The molecule has 3 nitrogen and oxygen atoms in total. The fraction of sp³-hybridized carbons (Fsp3) is 0.500. The first-order valence-corrected chi connectivity index (χ1v) is 7.37. The van der Waals surface area contributed by atoms with Crippen LogP contribution < -0.4 is 5.32 Å². The molecule has 1 aromatic rings. The quantitative estimate of drug-likeness (QED) is 0.824. The summed E-state index contributed by atoms with van der Waals surface area (Å²) in [5, 5.41) is 12.3. The van der Waals surface area contributed by atoms with E-state index in [4.69, 9.17) is 16.7 Å². The molecule has 1 amide bonds. The minimum absolute atomic E-state index is 0.0257. The lowest BCUT2D eigenvalue weighted by atomic mass is 9.88. The van der Waals surface area contributed by atoms with Gasteiger partial charge in [-0.25, -0.2) is 0 Å². The zero-order valence-electron chi connectivity index (χ0n) is 11.2. The highest BCUT2D eigenvalue weighted by Crippen LogP contribution is 2.24. The van der Waals surface area contributed by atoms with Gasteiger partial charge in [-0.3, -0.25) is 4.79 Å². The van der Waals surface area contributed by atoms with Gasteiger partial charge in [-0.15, -0.1) is 0 Å². The smallest absolute Gasteiger partial charge is 0.251 e. The van der Waals surface area contributed by atoms with Crippen molar-refractivity contribution in [2.45, 2.75) is 26.7 Å². The van der Waals surface area contributed by atoms with Gasteiger partial charge >= 0.3 is 0 Å². The Bertz CT molecular complexity index is 449. The van der Waals surface area contributed by atoms with Crippen LogP contribution in [-0.4, -0.2) is 24.2 Å². The van der Waals surface area contributed by atoms with Crippen molar-refractivity contribution >= 4 is 33.4 Å². The Hall–Kier alpha value is -0.580. The van der Waals surface area contributed by atoms with E-state index >= 15 is 0 Å². The monoisotopic (exact) mass is 347 g/mol. The molecule has 0 aliphatic carbocycles. The second kappa shape index (κ2) is 7.27. The molecular formula is C14H19BrClNO2. The topological polar surface area (TPSA) is 49.3 Å². The van der Waals surface area contributed by atoms with Crippen LogP contribution in [0.5, 0.6) is 0 Å². The molecule has 0 aliphatic rings. The predicted octanol–water partition coefficient (Wildman–Crippen LogP) is 3.63. The Morgan fingerprint density at radius 1 is 1.47 bits per heavy atom. The first-order chi connectivity index (χ1) is 8.85. The SMILES string of the molecule is CC(C)(CCCO)CNC(=O)c1ccc(Cl)c(Br)c1. The van der Waals surface area contributed by atoms with Crippen molar-refractivity contribution in [3.8, 4) is 0 Å². The molecule has 1 aromatic carbocycles. The summed E-state index contributed by atoms with van der Waals surface area (Å²) in [6.45, 7) is 4.90. The van der Waals surface area contributed by atoms with Gasteiger partial charge in [0.25, 0.3) is 5.91 Å². The molecule has 19 heavy (non-hydrogen) atoms. The van der Waals surface area contributed by atoms with Crippen molar-refractivity contribution in [3.63, 3.8) is 0 Å². The summed E-state index contributed by atoms with van der Waals surface area (Å²) < 4.78 is 0.710. The van der Waals surface area contributed by atoms with Crippen LogP contribution in [0.4, 0.5) is 0 Å². The predicted molar refractivity (Wildman–Crippen MR) is 81.6 cm³/mol. The van der Waals surface area contributed by atoms with Crippen LogP contribution in [0, 0.1) is 5.41 Å². The number of hydrogen-bond donors (Lipinski definition) is 2. The lowest BCUT2D eigenvalue weighted by Crippen LogP contribution is -2.34. The Morgan fingerprint density at radius 3 is 2.74 bits per heavy atom. The van der Waals surface area contributed by atoms with Crippen LogP contribution in [-0.2, 0) is 0 Å². The number of amides is 1. The number of carbonyl (C=O) groups excluding carboxylic acids is 1. The zero-order chi connectivity index (χ0) is 14.5. The largest absolute Gasteiger partial charge is 0.396 e. The molecule has 0 aromatic heterocycles. The molecule has 0 heterocycles. The van der Waals surface area contributed by atoms with Gasteiger partial charge in [-0.2, -0.15) is 0 Å². The van der Waals surface area contributed by atoms with Gasteiger partial charge < -0.3 is 10.4 Å². The minimum atomic E-state index is -0.116. The Kier molecular flexibility index (Phi) is 6.30. The van der Waals surface area contributed by atoms with Crippen LogP contribution in [0.1, 0.15) is 37.0 Å². The summed E-state index contributed by atoms with van der Waals surface area (Å²) in [6.07, 6.45) is 1.61. The van der Waals surface area contributed by atoms with Crippen molar-refractivity contribution < 1.29 is 9.90 Å². The lowest BCUT2D eigenvalue weighted by Gasteiger charge is -2.24. The van der Waals surface area contributed by atoms with E-state index in [0.717, 1.165) is 12.8 Å². The van der Waals surface area contributed by atoms with Crippen molar-refractivity contribution in [3.05, 3.63) is 33.3 Å². The summed E-state index contributed by atoms with van der Waals surface area (Å²) in [6, 6.07) is 5.10. The molecule has 5 heteroatoms. The highest BCUT2D eigenvalue weighted by atomic mass is 79.9. The Balaban J connectivity index is 2.57. The van der Waals surface area contributed by atoms with Gasteiger partial charge in [0.1, 0.15) is 0 Å². The van der Waals surface area contributed by atoms with Gasteiger partial charge in [-0.1, -0.05) is 25.4 Å². The standard InChI is InChI=1S/C14H19BrClNO2/c1-14(2,6-3-7-18)9-17-13(19)10-4-5-12(16)11(15)8-10/h4-5,8,18H,3,6-7,9H2,1-2H3,(H,17,19). The summed E-state index contributed by atoms with van der Waals surface area (Å²) in [4.78, 5) is 12.0. The third kappa shape index (κ3) is 5.51. The molecule has 106 valence electrons. The molecule has 0 atom stereocenters. The highest BCUT2D eigenvalue weighted by molar-refractivity contribution is 9.10. The van der Waals surface area contributed by atoms with Crippen molar-refractivity contribution in [1.82, 2.24) is 5.32 Å². The number of halogens is 2. The molecule has 0 unspecified atom stereocenters. The average molecular weight is 349 g/mol. The van der Waals surface area contributed by atoms with Gasteiger partial charge in [-0.05, 0) is 52.4 Å². The second-order valence-corrected chi connectivity index (χ2v) is 6.56. The Labute approximate surface area is 127 Å². The number of nitrogens with one attached hydrogen (secondary N) is 1. The van der Waals surface area contributed by atoms with E-state index in [1.165, 1.54) is 0 Å². The summed E-state index contributed by atoms with van der Waals surface area (Å²) in [5.74, 6) is -0.116. The van der Waals surface area contributed by atoms with Gasteiger partial charge in [0.15, 0.2) is 0 Å². The van der Waals surface area contributed by atoms with E-state index in [1.807, 2.05) is 0 Å². The van der Waals surface area contributed by atoms with E-state index in [9.17, 15) is 4.79 Å². The van der Waals surface area contributed by atoms with E-state index in [1.54, 1.807) is 18.2 Å². The molecule has 0 fully saturated rings. The van der Waals surface area contributed by atoms with Crippen LogP contribution in [0.3, 0.4) is 0 Å². The molecule has 1 rings (SSSR count). The molecule has 0 radical (unpaired) electrons. The summed E-state index contributed by atoms with van der Waals surface area (Å²) in [5.41, 5.74) is 0.552. The summed E-state index contributed by atoms with van der Waals surface area (Å²) >= 11 is 9.19. The number of benzene rings is 1. The molecule has 0 saturated carbocycles. The molecule has 2 N–H and O–H groups in total. The normalized spacial score (nSPS) is 11.4. The lowest BCUT2D eigenvalue weighted by molar-refractivity contribution is 0.0933. The fourth-order valence-corrected chi connectivity index (χ4v) is 2.20. The molecule has 0 bridgehead atoms. The van der Waals surface area contributed by atoms with Gasteiger partial charge in [0.2, 0.25) is 0 Å². The minimum Gasteiger partial charge on any atom is -0.396 e. The maximum absolute atomic E-state index is 12.0. The van der Waals surface area contributed by atoms with Gasteiger partial charge in [0, 0.05) is 23.2 Å². The number of rotatable bonds is 6. The molecular weight excluding hydrogens is 330 g/mol. The first-order valence-electron chi connectivity index (χ1n) is 6.20. The van der Waals surface area contributed by atoms with E-state index in [-0.39, 0.29) is 17.9 Å². The number of aliphatic hydroxyl groups is 1. The fourth-order valence-electron chi connectivity index (χ4n) is 1.70. The third-order valence-electron chi connectivity index (χ3n) is 2.92. The zero-order valence-corrected chi connectivity index (χ0v) is 13.5. The molecule has 0 aliphatic heterocycles.